The third kappa shape index (κ3) is 4.16. The number of hydrogen-bond donors (Lipinski definition) is 1. The Kier molecular flexibility index (Phi) is 5.53. The Balaban J connectivity index is 1.58. The summed E-state index contributed by atoms with van der Waals surface area (Å²) in [5.74, 6) is -0.0577. The summed E-state index contributed by atoms with van der Waals surface area (Å²) in [6.45, 7) is 2.42. The molecule has 1 aliphatic heterocycles. The minimum absolute atomic E-state index is 0.0577. The average Bonchev–Trinajstić information content (AvgIpc) is 3.09. The predicted octanol–water partition coefficient (Wildman–Crippen LogP) is 3.60. The van der Waals surface area contributed by atoms with Crippen molar-refractivity contribution < 1.29 is 9.53 Å². The zero-order valence-corrected chi connectivity index (χ0v) is 15.3. The largest absolute Gasteiger partial charge is 0.380 e. The zero-order chi connectivity index (χ0) is 16.9. The molecule has 24 heavy (non-hydrogen) atoms. The fraction of sp³-hybridized carbons (Fsp3) is 0.316. The number of anilines is 1. The smallest absolute Gasteiger partial charge is 0.251 e. The third-order valence-corrected chi connectivity index (χ3v) is 4.81. The molecule has 1 heterocycles. The van der Waals surface area contributed by atoms with E-state index in [1.54, 1.807) is 7.11 Å². The van der Waals surface area contributed by atoms with Crippen LogP contribution in [-0.2, 0) is 11.3 Å². The van der Waals surface area contributed by atoms with E-state index in [0.717, 1.165) is 35.2 Å². The van der Waals surface area contributed by atoms with Crippen LogP contribution < -0.4 is 10.2 Å². The fourth-order valence-electron chi connectivity index (χ4n) is 2.91. The molecule has 0 aromatic heterocycles. The van der Waals surface area contributed by atoms with Gasteiger partial charge in [-0.05, 0) is 48.4 Å². The van der Waals surface area contributed by atoms with Gasteiger partial charge in [0.15, 0.2) is 0 Å². The molecule has 0 saturated carbocycles. The van der Waals surface area contributed by atoms with Gasteiger partial charge in [-0.3, -0.25) is 4.79 Å². The third-order valence-electron chi connectivity index (χ3n) is 4.32. The van der Waals surface area contributed by atoms with Gasteiger partial charge in [0.25, 0.3) is 5.91 Å². The molecule has 2 aromatic carbocycles. The van der Waals surface area contributed by atoms with Gasteiger partial charge in [-0.25, -0.2) is 0 Å². The average molecular weight is 389 g/mol. The van der Waals surface area contributed by atoms with E-state index in [0.29, 0.717) is 18.2 Å². The second-order valence-electron chi connectivity index (χ2n) is 5.95. The molecule has 1 N–H and O–H groups in total. The molecule has 1 saturated heterocycles. The summed E-state index contributed by atoms with van der Waals surface area (Å²) in [4.78, 5) is 14.6. The first-order chi connectivity index (χ1) is 11.7. The summed E-state index contributed by atoms with van der Waals surface area (Å²) < 4.78 is 6.41. The lowest BCUT2D eigenvalue weighted by atomic mass is 10.1. The van der Waals surface area contributed by atoms with Crippen LogP contribution in [0.3, 0.4) is 0 Å². The number of benzene rings is 2. The van der Waals surface area contributed by atoms with Crippen LogP contribution in [0.4, 0.5) is 5.69 Å². The molecule has 1 atom stereocenters. The van der Waals surface area contributed by atoms with Gasteiger partial charge in [-0.2, -0.15) is 0 Å². The van der Waals surface area contributed by atoms with Gasteiger partial charge in [0, 0.05) is 42.5 Å². The van der Waals surface area contributed by atoms with Crippen LogP contribution >= 0.6 is 15.9 Å². The van der Waals surface area contributed by atoms with Gasteiger partial charge >= 0.3 is 0 Å². The molecule has 0 aliphatic carbocycles. The standard InChI is InChI=1S/C19H21BrN2O2/c1-24-18-9-10-22(13-18)17-7-5-15(6-8-17)19(23)21-12-14-3-2-4-16(20)11-14/h2-8,11,18H,9-10,12-13H2,1H3,(H,21,23)/t18-/m0/s1. The van der Waals surface area contributed by atoms with Gasteiger partial charge in [0.05, 0.1) is 6.10 Å². The van der Waals surface area contributed by atoms with Gasteiger partial charge < -0.3 is 15.0 Å². The van der Waals surface area contributed by atoms with E-state index in [9.17, 15) is 4.79 Å². The molecular weight excluding hydrogens is 368 g/mol. The summed E-state index contributed by atoms with van der Waals surface area (Å²) in [5.41, 5.74) is 2.88. The molecule has 3 rings (SSSR count). The van der Waals surface area contributed by atoms with Gasteiger partial charge in [0.2, 0.25) is 0 Å². The van der Waals surface area contributed by atoms with Crippen LogP contribution in [-0.4, -0.2) is 32.2 Å². The number of nitrogens with one attached hydrogen (secondary N) is 1. The molecular formula is C19H21BrN2O2. The number of nitrogens with zero attached hydrogens (tertiary/aromatic N) is 1. The van der Waals surface area contributed by atoms with Crippen molar-refractivity contribution in [2.75, 3.05) is 25.1 Å². The molecule has 0 unspecified atom stereocenters. The number of ether oxygens (including phenoxy) is 1. The highest BCUT2D eigenvalue weighted by atomic mass is 79.9. The van der Waals surface area contributed by atoms with Crippen LogP contribution in [0, 0.1) is 0 Å². The summed E-state index contributed by atoms with van der Waals surface area (Å²) in [5, 5.41) is 2.95. The van der Waals surface area contributed by atoms with Crippen LogP contribution in [0.15, 0.2) is 53.0 Å². The maximum atomic E-state index is 12.3. The van der Waals surface area contributed by atoms with Crippen LogP contribution in [0.2, 0.25) is 0 Å². The SMILES string of the molecule is CO[C@H]1CCN(c2ccc(C(=O)NCc3cccc(Br)c3)cc2)C1. The second kappa shape index (κ2) is 7.81. The maximum Gasteiger partial charge on any atom is 0.251 e. The van der Waals surface area contributed by atoms with Crippen molar-refractivity contribution in [3.8, 4) is 0 Å². The topological polar surface area (TPSA) is 41.6 Å². The van der Waals surface area contributed by atoms with E-state index in [1.807, 2.05) is 48.5 Å². The van der Waals surface area contributed by atoms with Crippen molar-refractivity contribution in [1.82, 2.24) is 5.32 Å². The molecule has 1 aliphatic rings. The number of hydrogen-bond acceptors (Lipinski definition) is 3. The molecule has 0 bridgehead atoms. The normalized spacial score (nSPS) is 17.1. The molecule has 1 fully saturated rings. The van der Waals surface area contributed by atoms with Crippen LogP contribution in [0.5, 0.6) is 0 Å². The molecule has 2 aromatic rings. The number of methoxy groups -OCH3 is 1. The molecule has 126 valence electrons. The molecule has 0 radical (unpaired) electrons. The van der Waals surface area contributed by atoms with Crippen molar-refractivity contribution in [1.29, 1.82) is 0 Å². The quantitative estimate of drug-likeness (QED) is 0.850. The number of carbonyl (C=O) groups is 1. The van der Waals surface area contributed by atoms with Gasteiger partial charge in [0.1, 0.15) is 0 Å². The van der Waals surface area contributed by atoms with E-state index in [2.05, 4.69) is 26.1 Å². The highest BCUT2D eigenvalue weighted by Gasteiger charge is 2.22. The Morgan fingerprint density at radius 2 is 2.08 bits per heavy atom. The van der Waals surface area contributed by atoms with Crippen molar-refractivity contribution in [2.24, 2.45) is 0 Å². The molecule has 1 amide bonds. The highest BCUT2D eigenvalue weighted by Crippen LogP contribution is 2.22. The number of amides is 1. The fourth-order valence-corrected chi connectivity index (χ4v) is 3.36. The van der Waals surface area contributed by atoms with E-state index in [-0.39, 0.29) is 5.91 Å². The van der Waals surface area contributed by atoms with Crippen LogP contribution in [0.25, 0.3) is 0 Å². The van der Waals surface area contributed by atoms with Gasteiger partial charge in [-0.1, -0.05) is 28.1 Å². The van der Waals surface area contributed by atoms with Crippen molar-refractivity contribution in [3.05, 3.63) is 64.1 Å². The van der Waals surface area contributed by atoms with Gasteiger partial charge in [-0.15, -0.1) is 0 Å². The maximum absolute atomic E-state index is 12.3. The Morgan fingerprint density at radius 1 is 1.29 bits per heavy atom. The minimum Gasteiger partial charge on any atom is -0.380 e. The first-order valence-electron chi connectivity index (χ1n) is 8.06. The van der Waals surface area contributed by atoms with Crippen molar-refractivity contribution in [3.63, 3.8) is 0 Å². The number of rotatable bonds is 5. The lowest BCUT2D eigenvalue weighted by Crippen LogP contribution is -2.24. The second-order valence-corrected chi connectivity index (χ2v) is 6.87. The predicted molar refractivity (Wildman–Crippen MR) is 99.4 cm³/mol. The molecule has 0 spiro atoms. The lowest BCUT2D eigenvalue weighted by molar-refractivity contribution is 0.0951. The van der Waals surface area contributed by atoms with E-state index < -0.39 is 0 Å². The first kappa shape index (κ1) is 17.0. The Labute approximate surface area is 150 Å². The molecule has 5 heteroatoms. The number of carbonyl (C=O) groups excluding carboxylic acids is 1. The Hall–Kier alpha value is -1.85. The summed E-state index contributed by atoms with van der Waals surface area (Å²) >= 11 is 3.44. The van der Waals surface area contributed by atoms with E-state index in [4.69, 9.17) is 4.74 Å². The summed E-state index contributed by atoms with van der Waals surface area (Å²) in [6, 6.07) is 15.7. The summed E-state index contributed by atoms with van der Waals surface area (Å²) in [7, 11) is 1.76. The van der Waals surface area contributed by atoms with Crippen LogP contribution in [0.1, 0.15) is 22.3 Å². The Morgan fingerprint density at radius 3 is 2.75 bits per heavy atom. The monoisotopic (exact) mass is 388 g/mol. The van der Waals surface area contributed by atoms with Crippen molar-refractivity contribution in [2.45, 2.75) is 19.1 Å². The van der Waals surface area contributed by atoms with E-state index in [1.165, 1.54) is 0 Å². The number of halogens is 1. The highest BCUT2D eigenvalue weighted by molar-refractivity contribution is 9.10. The Bertz CT molecular complexity index is 703. The molecule has 4 nitrogen and oxygen atoms in total. The summed E-state index contributed by atoms with van der Waals surface area (Å²) in [6.07, 6.45) is 1.35. The first-order valence-corrected chi connectivity index (χ1v) is 8.85. The zero-order valence-electron chi connectivity index (χ0n) is 13.7. The van der Waals surface area contributed by atoms with Crippen molar-refractivity contribution >= 4 is 27.5 Å². The lowest BCUT2D eigenvalue weighted by Gasteiger charge is -2.18. The van der Waals surface area contributed by atoms with E-state index >= 15 is 0 Å². The minimum atomic E-state index is -0.0577.